The van der Waals surface area contributed by atoms with Crippen LogP contribution in [0.3, 0.4) is 0 Å². The molecule has 23 nitrogen and oxygen atoms in total. The second kappa shape index (κ2) is 22.3. The molecular formula is C40H47N13O10S2. The number of anilines is 7. The van der Waals surface area contributed by atoms with E-state index in [0.29, 0.717) is 11.4 Å². The lowest BCUT2D eigenvalue weighted by Crippen LogP contribution is -2.65. The Morgan fingerprint density at radius 1 is 0.646 bits per heavy atom. The summed E-state index contributed by atoms with van der Waals surface area (Å²) < 4.78 is 71.6. The number of nitroso groups, excluding NO2 is 1. The standard InChI is InChI=1S/C40H47N13O10S2/c54-22-19-52(18-17-41-57)39-48-35(42-29-7-3-1-4-8-29)46-37(50-39)44-31-15-13-27(33(25-31)64(58,59)60)11-12-28-14-16-32(26-34(28)65(61,62)63)45-38-47-36(43-30-9-5-2-6-10-30)49-40(51-38)53(20-23-55)21-24-56/h1-16,25-26,35,39,42,48,54-56H,17-24H2,(H2,44,46,50)(H,58,59,60)(H,61,62,63)(H2,43,45,47,49,51)/b12-11+. The van der Waals surface area contributed by atoms with Gasteiger partial charge >= 0.3 is 0 Å². The van der Waals surface area contributed by atoms with Crippen LogP contribution in [0.25, 0.3) is 12.2 Å². The van der Waals surface area contributed by atoms with Crippen LogP contribution in [0, 0.1) is 4.91 Å². The van der Waals surface area contributed by atoms with E-state index in [0.717, 1.165) is 12.1 Å². The summed E-state index contributed by atoms with van der Waals surface area (Å²) in [6.07, 6.45) is 1.02. The monoisotopic (exact) mass is 933 g/mol. The van der Waals surface area contributed by atoms with Crippen LogP contribution in [-0.4, -0.2) is 132 Å². The molecule has 4 aromatic carbocycles. The number of nitrogens with one attached hydrogen (secondary N) is 6. The minimum absolute atomic E-state index is 0.0507. The number of aliphatic hydroxyl groups excluding tert-OH is 3. The molecule has 0 saturated carbocycles. The van der Waals surface area contributed by atoms with Gasteiger partial charge in [-0.25, -0.2) is 10.3 Å². The number of benzene rings is 4. The van der Waals surface area contributed by atoms with Gasteiger partial charge in [0.1, 0.15) is 16.1 Å². The number of aliphatic imine (C=N–C) groups is 1. The summed E-state index contributed by atoms with van der Waals surface area (Å²) in [5.74, 6) is 0.241. The van der Waals surface area contributed by atoms with Crippen molar-refractivity contribution in [1.29, 1.82) is 0 Å². The first-order valence-corrected chi connectivity index (χ1v) is 22.7. The number of guanidine groups is 1. The van der Waals surface area contributed by atoms with Crippen LogP contribution < -0.4 is 36.8 Å². The van der Waals surface area contributed by atoms with Gasteiger partial charge in [0.25, 0.3) is 20.2 Å². The average molecular weight is 934 g/mol. The fraction of sp³-hybridized carbons (Fsp3) is 0.250. The molecule has 0 bridgehead atoms. The third-order valence-electron chi connectivity index (χ3n) is 9.38. The van der Waals surface area contributed by atoms with Gasteiger partial charge in [0.05, 0.1) is 26.4 Å². The van der Waals surface area contributed by atoms with Gasteiger partial charge in [-0.3, -0.25) is 14.0 Å². The van der Waals surface area contributed by atoms with Crippen molar-refractivity contribution >= 4 is 78.9 Å². The van der Waals surface area contributed by atoms with Crippen molar-refractivity contribution in [2.24, 2.45) is 10.2 Å². The van der Waals surface area contributed by atoms with Crippen molar-refractivity contribution in [3.8, 4) is 0 Å². The highest BCUT2D eigenvalue weighted by Gasteiger charge is 2.28. The third kappa shape index (κ3) is 13.7. The Labute approximate surface area is 373 Å². The predicted molar refractivity (Wildman–Crippen MR) is 245 cm³/mol. The first kappa shape index (κ1) is 47.8. The van der Waals surface area contributed by atoms with Gasteiger partial charge in [0, 0.05) is 48.9 Å². The molecule has 25 heteroatoms. The van der Waals surface area contributed by atoms with Gasteiger partial charge in [-0.15, -0.1) is 0 Å². The van der Waals surface area contributed by atoms with Gasteiger partial charge in [-0.05, 0) is 59.7 Å². The summed E-state index contributed by atoms with van der Waals surface area (Å²) in [7, 11) is -9.81. The zero-order chi connectivity index (χ0) is 46.4. The predicted octanol–water partition coefficient (Wildman–Crippen LogP) is 2.51. The number of rotatable bonds is 22. The van der Waals surface area contributed by atoms with Crippen molar-refractivity contribution < 1.29 is 41.3 Å². The van der Waals surface area contributed by atoms with Crippen molar-refractivity contribution in [3.05, 3.63) is 113 Å². The van der Waals surface area contributed by atoms with Gasteiger partial charge < -0.3 is 46.8 Å². The summed E-state index contributed by atoms with van der Waals surface area (Å²) in [5.41, 5.74) is 1.52. The maximum Gasteiger partial charge on any atom is 0.295 e. The molecule has 0 amide bonds. The van der Waals surface area contributed by atoms with E-state index in [2.05, 4.69) is 57.0 Å². The molecule has 0 spiro atoms. The summed E-state index contributed by atoms with van der Waals surface area (Å²) in [4.78, 5) is 30.9. The maximum absolute atomic E-state index is 12.8. The molecule has 344 valence electrons. The van der Waals surface area contributed by atoms with Crippen LogP contribution in [0.1, 0.15) is 11.1 Å². The summed E-state index contributed by atoms with van der Waals surface area (Å²) in [5, 5.41) is 50.4. The van der Waals surface area contributed by atoms with E-state index < -0.39 is 42.6 Å². The third-order valence-corrected chi connectivity index (χ3v) is 11.2. The molecule has 1 aliphatic heterocycles. The van der Waals surface area contributed by atoms with E-state index >= 15 is 0 Å². The molecule has 6 rings (SSSR count). The van der Waals surface area contributed by atoms with Crippen LogP contribution in [-0.2, 0) is 20.2 Å². The molecule has 0 radical (unpaired) electrons. The molecule has 11 N–H and O–H groups in total. The topological polar surface area (TPSA) is 329 Å². The molecule has 2 heterocycles. The summed E-state index contributed by atoms with van der Waals surface area (Å²) in [6.45, 7) is -0.361. The molecule has 0 fully saturated rings. The number of para-hydroxylation sites is 2. The highest BCUT2D eigenvalue weighted by atomic mass is 32.2. The molecule has 2 unspecified atom stereocenters. The van der Waals surface area contributed by atoms with E-state index in [1.165, 1.54) is 41.3 Å². The summed E-state index contributed by atoms with van der Waals surface area (Å²) >= 11 is 0. The minimum atomic E-state index is -4.91. The molecule has 1 aliphatic rings. The molecule has 65 heavy (non-hydrogen) atoms. The summed E-state index contributed by atoms with van der Waals surface area (Å²) in [6, 6.07) is 26.0. The number of nitrogens with zero attached hydrogens (tertiary/aromatic N) is 7. The van der Waals surface area contributed by atoms with Gasteiger partial charge in [0.2, 0.25) is 23.8 Å². The van der Waals surface area contributed by atoms with Gasteiger partial charge in [0.15, 0.2) is 6.29 Å². The Hall–Kier alpha value is -6.68. The average Bonchev–Trinajstić information content (AvgIpc) is 3.27. The number of hydrogen-bond donors (Lipinski definition) is 11. The number of hydrogen-bond acceptors (Lipinski definition) is 21. The molecule has 0 aliphatic carbocycles. The molecule has 2 atom stereocenters. The zero-order valence-corrected chi connectivity index (χ0v) is 36.1. The lowest BCUT2D eigenvalue weighted by molar-refractivity contribution is 0.112. The Bertz CT molecular complexity index is 2680. The molecular weight excluding hydrogens is 887 g/mol. The first-order valence-electron chi connectivity index (χ1n) is 19.8. The Balaban J connectivity index is 1.28. The second-order valence-electron chi connectivity index (χ2n) is 14.0. The lowest BCUT2D eigenvalue weighted by atomic mass is 10.1. The van der Waals surface area contributed by atoms with Crippen molar-refractivity contribution in [2.75, 3.05) is 78.7 Å². The van der Waals surface area contributed by atoms with Crippen molar-refractivity contribution in [1.82, 2.24) is 30.5 Å². The van der Waals surface area contributed by atoms with E-state index in [-0.39, 0.29) is 98.9 Å². The first-order chi connectivity index (χ1) is 31.3. The smallest absolute Gasteiger partial charge is 0.295 e. The van der Waals surface area contributed by atoms with E-state index in [9.17, 15) is 46.2 Å². The van der Waals surface area contributed by atoms with Crippen LogP contribution in [0.2, 0.25) is 0 Å². The Morgan fingerprint density at radius 2 is 1.17 bits per heavy atom. The lowest BCUT2D eigenvalue weighted by Gasteiger charge is -2.38. The quantitative estimate of drug-likeness (QED) is 0.0270. The van der Waals surface area contributed by atoms with Crippen molar-refractivity contribution in [2.45, 2.75) is 22.4 Å². The highest BCUT2D eigenvalue weighted by Crippen LogP contribution is 2.28. The maximum atomic E-state index is 12.8. The van der Waals surface area contributed by atoms with Crippen LogP contribution in [0.15, 0.2) is 117 Å². The van der Waals surface area contributed by atoms with E-state index in [1.807, 2.05) is 36.4 Å². The van der Waals surface area contributed by atoms with Crippen molar-refractivity contribution in [3.63, 3.8) is 0 Å². The molecule has 5 aromatic rings. The van der Waals surface area contributed by atoms with Gasteiger partial charge in [-0.2, -0.15) is 36.7 Å². The van der Waals surface area contributed by atoms with Gasteiger partial charge in [-0.1, -0.05) is 65.9 Å². The fourth-order valence-electron chi connectivity index (χ4n) is 6.44. The number of aliphatic hydroxyl groups is 3. The SMILES string of the molecule is O=NCCN(CCO)C1NC(Nc2ccc(/C=C/c3ccc(Nc4nc(Nc5ccccc5)nc(N(CCO)CCO)n4)cc3S(=O)(=O)O)c(S(=O)(=O)O)c2)=NC(Nc2ccccc2)N1. The molecule has 0 saturated heterocycles. The normalized spacial score (nSPS) is 15.3. The Morgan fingerprint density at radius 3 is 1.69 bits per heavy atom. The largest absolute Gasteiger partial charge is 0.395 e. The number of aromatic nitrogens is 3. The second-order valence-corrected chi connectivity index (χ2v) is 16.7. The molecule has 1 aromatic heterocycles. The van der Waals surface area contributed by atoms with Crippen LogP contribution >= 0.6 is 0 Å². The van der Waals surface area contributed by atoms with E-state index in [1.54, 1.807) is 29.2 Å². The van der Waals surface area contributed by atoms with Crippen LogP contribution in [0.5, 0.6) is 0 Å². The zero-order valence-electron chi connectivity index (χ0n) is 34.4. The van der Waals surface area contributed by atoms with Crippen LogP contribution in [0.4, 0.5) is 40.6 Å². The van der Waals surface area contributed by atoms with E-state index in [4.69, 9.17) is 0 Å². The Kier molecular flexibility index (Phi) is 16.4. The highest BCUT2D eigenvalue weighted by molar-refractivity contribution is 7.86. The fourth-order valence-corrected chi connectivity index (χ4v) is 7.86. The minimum Gasteiger partial charge on any atom is -0.395 e.